The number of rotatable bonds is 4. The fourth-order valence-corrected chi connectivity index (χ4v) is 2.04. The number of nitrogens with zero attached hydrogens (tertiary/aromatic N) is 1. The minimum Gasteiger partial charge on any atom is -0.491 e. The lowest BCUT2D eigenvalue weighted by Gasteiger charge is -2.21. The van der Waals surface area contributed by atoms with Crippen LogP contribution in [0.2, 0.25) is 0 Å². The molecule has 0 N–H and O–H groups in total. The molecular formula is C15H17NO5. The predicted octanol–water partition coefficient (Wildman–Crippen LogP) is 1.32. The lowest BCUT2D eigenvalue weighted by molar-refractivity contribution is -0.130. The maximum absolute atomic E-state index is 11.9. The standard InChI is InChI=1S/C15H17NO5/c1-9(17)14-12(21-8-13(19)16(2)3)5-4-10-11(18)6-7-20-15(10)14/h4-5H,6-8H2,1-3H3. The summed E-state index contributed by atoms with van der Waals surface area (Å²) in [6, 6.07) is 3.10. The highest BCUT2D eigenvalue weighted by Crippen LogP contribution is 2.35. The molecule has 0 spiro atoms. The van der Waals surface area contributed by atoms with E-state index in [0.29, 0.717) is 12.0 Å². The van der Waals surface area contributed by atoms with Crippen LogP contribution in [-0.2, 0) is 4.79 Å². The number of hydrogen-bond acceptors (Lipinski definition) is 5. The second kappa shape index (κ2) is 5.95. The van der Waals surface area contributed by atoms with Crippen LogP contribution in [0.25, 0.3) is 0 Å². The van der Waals surface area contributed by atoms with Gasteiger partial charge in [0.25, 0.3) is 5.91 Å². The third kappa shape index (κ3) is 3.04. The highest BCUT2D eigenvalue weighted by molar-refractivity contribution is 6.07. The molecular weight excluding hydrogens is 274 g/mol. The van der Waals surface area contributed by atoms with Crippen molar-refractivity contribution in [2.45, 2.75) is 13.3 Å². The van der Waals surface area contributed by atoms with Gasteiger partial charge in [-0.05, 0) is 19.1 Å². The Labute approximate surface area is 122 Å². The first-order valence-electron chi connectivity index (χ1n) is 6.58. The summed E-state index contributed by atoms with van der Waals surface area (Å²) in [6.45, 7) is 1.44. The molecule has 112 valence electrons. The molecule has 0 aliphatic carbocycles. The van der Waals surface area contributed by atoms with E-state index in [1.165, 1.54) is 17.9 Å². The number of fused-ring (bicyclic) bond motifs is 1. The second-order valence-corrected chi connectivity index (χ2v) is 4.97. The Morgan fingerprint density at radius 2 is 2.05 bits per heavy atom. The van der Waals surface area contributed by atoms with Crippen LogP contribution in [0.5, 0.6) is 11.5 Å². The van der Waals surface area contributed by atoms with E-state index < -0.39 is 0 Å². The number of carbonyl (C=O) groups is 3. The number of ether oxygens (including phenoxy) is 2. The number of likely N-dealkylation sites (N-methyl/N-ethyl adjacent to an activating group) is 1. The summed E-state index contributed by atoms with van der Waals surface area (Å²) in [7, 11) is 3.23. The number of hydrogen-bond donors (Lipinski definition) is 0. The Morgan fingerprint density at radius 1 is 1.33 bits per heavy atom. The smallest absolute Gasteiger partial charge is 0.259 e. The van der Waals surface area contributed by atoms with Gasteiger partial charge in [0.1, 0.15) is 17.1 Å². The van der Waals surface area contributed by atoms with Crippen molar-refractivity contribution in [1.29, 1.82) is 0 Å². The van der Waals surface area contributed by atoms with E-state index in [1.807, 2.05) is 0 Å². The van der Waals surface area contributed by atoms with Gasteiger partial charge >= 0.3 is 0 Å². The van der Waals surface area contributed by atoms with Crippen molar-refractivity contribution in [3.63, 3.8) is 0 Å². The van der Waals surface area contributed by atoms with Crippen molar-refractivity contribution in [1.82, 2.24) is 4.90 Å². The van der Waals surface area contributed by atoms with E-state index in [0.717, 1.165) is 0 Å². The zero-order valence-corrected chi connectivity index (χ0v) is 12.3. The molecule has 0 unspecified atom stereocenters. The minimum atomic E-state index is -0.270. The maximum atomic E-state index is 11.9. The third-order valence-electron chi connectivity index (χ3n) is 3.20. The summed E-state index contributed by atoms with van der Waals surface area (Å²) in [5, 5.41) is 0. The largest absolute Gasteiger partial charge is 0.491 e. The molecule has 0 atom stereocenters. The summed E-state index contributed by atoms with van der Waals surface area (Å²) in [5.41, 5.74) is 0.602. The van der Waals surface area contributed by atoms with Crippen molar-refractivity contribution in [2.24, 2.45) is 0 Å². The molecule has 6 heteroatoms. The Morgan fingerprint density at radius 3 is 2.67 bits per heavy atom. The molecule has 0 bridgehead atoms. The number of carbonyl (C=O) groups excluding carboxylic acids is 3. The summed E-state index contributed by atoms with van der Waals surface area (Å²) in [4.78, 5) is 36.7. The summed E-state index contributed by atoms with van der Waals surface area (Å²) >= 11 is 0. The monoisotopic (exact) mass is 291 g/mol. The van der Waals surface area contributed by atoms with Crippen LogP contribution >= 0.6 is 0 Å². The molecule has 6 nitrogen and oxygen atoms in total. The van der Waals surface area contributed by atoms with Crippen LogP contribution in [0.4, 0.5) is 0 Å². The quantitative estimate of drug-likeness (QED) is 0.782. The summed E-state index contributed by atoms with van der Waals surface area (Å²) < 4.78 is 10.9. The van der Waals surface area contributed by atoms with Gasteiger partial charge < -0.3 is 14.4 Å². The average Bonchev–Trinajstić information content (AvgIpc) is 2.43. The van der Waals surface area contributed by atoms with Crippen molar-refractivity contribution < 1.29 is 23.9 Å². The predicted molar refractivity (Wildman–Crippen MR) is 75.1 cm³/mol. The van der Waals surface area contributed by atoms with Gasteiger partial charge in [-0.25, -0.2) is 0 Å². The average molecular weight is 291 g/mol. The molecule has 1 heterocycles. The molecule has 0 aromatic heterocycles. The first-order valence-corrected chi connectivity index (χ1v) is 6.58. The van der Waals surface area contributed by atoms with Crippen molar-refractivity contribution in [3.05, 3.63) is 23.3 Å². The van der Waals surface area contributed by atoms with Crippen molar-refractivity contribution in [2.75, 3.05) is 27.3 Å². The van der Waals surface area contributed by atoms with Crippen LogP contribution in [-0.4, -0.2) is 49.7 Å². The van der Waals surface area contributed by atoms with Crippen LogP contribution in [0.15, 0.2) is 12.1 Å². The second-order valence-electron chi connectivity index (χ2n) is 4.97. The fraction of sp³-hybridized carbons (Fsp3) is 0.400. The Hall–Kier alpha value is -2.37. The SMILES string of the molecule is CC(=O)c1c(OCC(=O)N(C)C)ccc2c1OCCC2=O. The molecule has 0 radical (unpaired) electrons. The molecule has 0 saturated carbocycles. The lowest BCUT2D eigenvalue weighted by Crippen LogP contribution is -2.28. The Bertz CT molecular complexity index is 606. The molecule has 1 aromatic rings. The molecule has 2 rings (SSSR count). The lowest BCUT2D eigenvalue weighted by atomic mass is 9.98. The third-order valence-corrected chi connectivity index (χ3v) is 3.20. The van der Waals surface area contributed by atoms with Gasteiger partial charge in [-0.2, -0.15) is 0 Å². The van der Waals surface area contributed by atoms with Crippen LogP contribution in [0.1, 0.15) is 34.1 Å². The van der Waals surface area contributed by atoms with Crippen LogP contribution in [0, 0.1) is 0 Å². The highest BCUT2D eigenvalue weighted by Gasteiger charge is 2.26. The Kier molecular flexibility index (Phi) is 4.26. The topological polar surface area (TPSA) is 72.9 Å². The molecule has 1 aromatic carbocycles. The molecule has 1 amide bonds. The van der Waals surface area contributed by atoms with E-state index in [2.05, 4.69) is 0 Å². The van der Waals surface area contributed by atoms with E-state index >= 15 is 0 Å². The number of Topliss-reactive ketones (excluding diaryl/α,β-unsaturated/α-hetero) is 2. The normalized spacial score (nSPS) is 13.2. The maximum Gasteiger partial charge on any atom is 0.259 e. The molecule has 1 aliphatic heterocycles. The number of amides is 1. The molecule has 0 fully saturated rings. The van der Waals surface area contributed by atoms with E-state index in [4.69, 9.17) is 9.47 Å². The van der Waals surface area contributed by atoms with E-state index in [1.54, 1.807) is 20.2 Å². The van der Waals surface area contributed by atoms with Crippen LogP contribution in [0.3, 0.4) is 0 Å². The zero-order chi connectivity index (χ0) is 15.6. The van der Waals surface area contributed by atoms with E-state index in [-0.39, 0.29) is 47.7 Å². The molecule has 0 saturated heterocycles. The van der Waals surface area contributed by atoms with Gasteiger partial charge in [0.05, 0.1) is 12.2 Å². The number of ketones is 2. The molecule has 21 heavy (non-hydrogen) atoms. The zero-order valence-electron chi connectivity index (χ0n) is 12.3. The van der Waals surface area contributed by atoms with Gasteiger partial charge in [-0.15, -0.1) is 0 Å². The van der Waals surface area contributed by atoms with E-state index in [9.17, 15) is 14.4 Å². The van der Waals surface area contributed by atoms with Crippen molar-refractivity contribution >= 4 is 17.5 Å². The summed E-state index contributed by atoms with van der Waals surface area (Å²) in [5.74, 6) is -0.0394. The van der Waals surface area contributed by atoms with Gasteiger partial charge in [0.15, 0.2) is 18.2 Å². The Balaban J connectivity index is 2.36. The van der Waals surface area contributed by atoms with Crippen LogP contribution < -0.4 is 9.47 Å². The van der Waals surface area contributed by atoms with Gasteiger partial charge in [-0.1, -0.05) is 0 Å². The minimum absolute atomic E-state index is 0.0605. The summed E-state index contributed by atoms with van der Waals surface area (Å²) in [6.07, 6.45) is 0.295. The van der Waals surface area contributed by atoms with Gasteiger partial charge in [0, 0.05) is 20.5 Å². The van der Waals surface area contributed by atoms with Gasteiger partial charge in [-0.3, -0.25) is 14.4 Å². The number of benzene rings is 1. The fourth-order valence-electron chi connectivity index (χ4n) is 2.04. The van der Waals surface area contributed by atoms with Gasteiger partial charge in [0.2, 0.25) is 0 Å². The first-order chi connectivity index (χ1) is 9.91. The highest BCUT2D eigenvalue weighted by atomic mass is 16.5. The van der Waals surface area contributed by atoms with Crippen molar-refractivity contribution in [3.8, 4) is 11.5 Å². The first kappa shape index (κ1) is 15.0. The molecule has 1 aliphatic rings.